The van der Waals surface area contributed by atoms with E-state index in [2.05, 4.69) is 22.2 Å². The lowest BCUT2D eigenvalue weighted by atomic mass is 10.1. The zero-order chi connectivity index (χ0) is 23.2. The fraction of sp³-hybridized carbons (Fsp3) is 0.455. The second kappa shape index (κ2) is 10.6. The predicted molar refractivity (Wildman–Crippen MR) is 128 cm³/mol. The van der Waals surface area contributed by atoms with Gasteiger partial charge in [-0.3, -0.25) is 14.9 Å². The van der Waals surface area contributed by atoms with Crippen molar-refractivity contribution < 1.29 is 9.72 Å². The van der Waals surface area contributed by atoms with Crippen LogP contribution in [-0.4, -0.2) is 56.0 Å². The number of hydrogen-bond acceptors (Lipinski definition) is 8. The van der Waals surface area contributed by atoms with E-state index in [0.717, 1.165) is 65.7 Å². The van der Waals surface area contributed by atoms with Gasteiger partial charge in [0.15, 0.2) is 10.8 Å². The Morgan fingerprint density at radius 1 is 1.21 bits per heavy atom. The van der Waals surface area contributed by atoms with Crippen LogP contribution in [0.15, 0.2) is 35.6 Å². The average molecular weight is 470 g/mol. The van der Waals surface area contributed by atoms with Crippen molar-refractivity contribution in [2.24, 2.45) is 0 Å². The third-order valence-electron chi connectivity index (χ3n) is 5.45. The van der Waals surface area contributed by atoms with Gasteiger partial charge in [0.05, 0.1) is 29.5 Å². The van der Waals surface area contributed by atoms with Gasteiger partial charge in [0, 0.05) is 37.5 Å². The van der Waals surface area contributed by atoms with E-state index in [1.165, 1.54) is 12.1 Å². The first-order valence-corrected chi connectivity index (χ1v) is 12.1. The summed E-state index contributed by atoms with van der Waals surface area (Å²) in [5.41, 5.74) is 1.52. The molecule has 3 aromatic rings. The first-order chi connectivity index (χ1) is 16.0. The molecule has 3 heterocycles. The summed E-state index contributed by atoms with van der Waals surface area (Å²) >= 11 is 1.65. The maximum Gasteiger partial charge on any atom is 0.269 e. The second-order valence-electron chi connectivity index (χ2n) is 7.93. The molecule has 1 amide bonds. The number of carbonyl (C=O) groups excluding carboxylic acids is 1. The summed E-state index contributed by atoms with van der Waals surface area (Å²) in [6.45, 7) is 5.02. The fourth-order valence-corrected chi connectivity index (χ4v) is 4.49. The highest BCUT2D eigenvalue weighted by molar-refractivity contribution is 7.99. The molecular weight excluding hydrogens is 442 g/mol. The van der Waals surface area contributed by atoms with Crippen LogP contribution >= 0.6 is 11.8 Å². The number of carbonyl (C=O) groups is 1. The largest absolute Gasteiger partial charge is 0.356 e. The highest BCUT2D eigenvalue weighted by Crippen LogP contribution is 2.29. The molecule has 4 rings (SSSR count). The van der Waals surface area contributed by atoms with Crippen LogP contribution < -0.4 is 10.2 Å². The summed E-state index contributed by atoms with van der Waals surface area (Å²) in [6, 6.07) is 6.02. The molecule has 0 atom stereocenters. The van der Waals surface area contributed by atoms with E-state index >= 15 is 0 Å². The van der Waals surface area contributed by atoms with Crippen LogP contribution in [0.3, 0.4) is 0 Å². The van der Waals surface area contributed by atoms with E-state index in [1.54, 1.807) is 23.9 Å². The Kier molecular flexibility index (Phi) is 7.38. The third kappa shape index (κ3) is 5.59. The molecule has 1 aliphatic heterocycles. The molecule has 1 N–H and O–H groups in total. The summed E-state index contributed by atoms with van der Waals surface area (Å²) in [5, 5.41) is 19.9. The summed E-state index contributed by atoms with van der Waals surface area (Å²) < 4.78 is 1.82. The molecular formula is C22H27N7O3S. The van der Waals surface area contributed by atoms with Gasteiger partial charge >= 0.3 is 0 Å². The monoisotopic (exact) mass is 469 g/mol. The molecule has 0 aliphatic carbocycles. The number of thioether (sulfide) groups is 1. The van der Waals surface area contributed by atoms with Gasteiger partial charge in [-0.15, -0.1) is 0 Å². The lowest BCUT2D eigenvalue weighted by molar-refractivity contribution is -0.384. The normalized spacial score (nSPS) is 13.5. The van der Waals surface area contributed by atoms with Gasteiger partial charge in [-0.2, -0.15) is 5.10 Å². The number of nitrogens with one attached hydrogen (secondary N) is 1. The van der Waals surface area contributed by atoms with Crippen molar-refractivity contribution in [1.82, 2.24) is 25.1 Å². The van der Waals surface area contributed by atoms with Gasteiger partial charge in [-0.1, -0.05) is 30.8 Å². The summed E-state index contributed by atoms with van der Waals surface area (Å²) in [4.78, 5) is 34.5. The van der Waals surface area contributed by atoms with Crippen molar-refractivity contribution in [1.29, 1.82) is 0 Å². The van der Waals surface area contributed by atoms with Crippen LogP contribution in [-0.2, 0) is 17.8 Å². The maximum absolute atomic E-state index is 12.3. The average Bonchev–Trinajstić information content (AvgIpc) is 3.48. The van der Waals surface area contributed by atoms with Gasteiger partial charge in [0.1, 0.15) is 5.82 Å². The summed E-state index contributed by atoms with van der Waals surface area (Å²) in [5.74, 6) is 1.76. The van der Waals surface area contributed by atoms with Crippen molar-refractivity contribution in [3.05, 3.63) is 46.1 Å². The SMILES string of the molecule is CCCSc1nc(N2CCCC2)c2cnn(CCNC(=O)Cc3ccc([N+](=O)[O-])cc3)c2n1. The van der Waals surface area contributed by atoms with Gasteiger partial charge in [-0.25, -0.2) is 14.6 Å². The van der Waals surface area contributed by atoms with E-state index in [1.807, 2.05) is 10.9 Å². The first kappa shape index (κ1) is 23.0. The van der Waals surface area contributed by atoms with E-state index in [4.69, 9.17) is 9.97 Å². The number of nitro groups is 1. The van der Waals surface area contributed by atoms with E-state index in [9.17, 15) is 14.9 Å². The van der Waals surface area contributed by atoms with Crippen LogP contribution in [0.1, 0.15) is 31.7 Å². The van der Waals surface area contributed by atoms with Gasteiger partial charge in [0.2, 0.25) is 5.91 Å². The minimum atomic E-state index is -0.455. The van der Waals surface area contributed by atoms with Gasteiger partial charge < -0.3 is 10.2 Å². The van der Waals surface area contributed by atoms with Crippen LogP contribution in [0.2, 0.25) is 0 Å². The zero-order valence-corrected chi connectivity index (χ0v) is 19.4. The number of benzene rings is 1. The van der Waals surface area contributed by atoms with E-state index in [0.29, 0.717) is 13.1 Å². The number of anilines is 1. The van der Waals surface area contributed by atoms with Crippen molar-refractivity contribution in [3.63, 3.8) is 0 Å². The van der Waals surface area contributed by atoms with Crippen molar-refractivity contribution >= 4 is 40.2 Å². The molecule has 0 saturated carbocycles. The summed E-state index contributed by atoms with van der Waals surface area (Å²) in [6.07, 6.45) is 5.35. The predicted octanol–water partition coefficient (Wildman–Crippen LogP) is 3.20. The number of non-ortho nitro benzene ring substituents is 1. The maximum atomic E-state index is 12.3. The van der Waals surface area contributed by atoms with Crippen molar-refractivity contribution in [3.8, 4) is 0 Å². The molecule has 0 unspecified atom stereocenters. The molecule has 174 valence electrons. The number of hydrogen-bond donors (Lipinski definition) is 1. The van der Waals surface area contributed by atoms with Crippen molar-refractivity contribution in [2.75, 3.05) is 30.3 Å². The molecule has 1 fully saturated rings. The number of aromatic nitrogens is 4. The minimum Gasteiger partial charge on any atom is -0.356 e. The number of amides is 1. The Morgan fingerprint density at radius 3 is 2.67 bits per heavy atom. The minimum absolute atomic E-state index is 0.0106. The smallest absolute Gasteiger partial charge is 0.269 e. The Hall–Kier alpha value is -3.21. The standard InChI is InChI=1S/C22H27N7O3S/c1-2-13-33-22-25-20(27-10-3-4-11-27)18-15-24-28(21(18)26-22)12-9-23-19(30)14-16-5-7-17(8-6-16)29(31)32/h5-8,15H,2-4,9-14H2,1H3,(H,23,30). The van der Waals surface area contributed by atoms with Crippen LogP contribution in [0.25, 0.3) is 11.0 Å². The zero-order valence-electron chi connectivity index (χ0n) is 18.6. The highest BCUT2D eigenvalue weighted by Gasteiger charge is 2.21. The Bertz CT molecular complexity index is 1130. The van der Waals surface area contributed by atoms with Crippen LogP contribution in [0.4, 0.5) is 11.5 Å². The molecule has 2 aromatic heterocycles. The molecule has 0 radical (unpaired) electrons. The Labute approximate surface area is 195 Å². The molecule has 0 spiro atoms. The topological polar surface area (TPSA) is 119 Å². The molecule has 1 saturated heterocycles. The highest BCUT2D eigenvalue weighted by atomic mass is 32.2. The molecule has 33 heavy (non-hydrogen) atoms. The fourth-order valence-electron chi connectivity index (χ4n) is 3.80. The second-order valence-corrected chi connectivity index (χ2v) is 8.99. The molecule has 11 heteroatoms. The number of nitro benzene ring substituents is 1. The first-order valence-electron chi connectivity index (χ1n) is 11.2. The van der Waals surface area contributed by atoms with Crippen molar-refractivity contribution in [2.45, 2.75) is 44.3 Å². The van der Waals surface area contributed by atoms with E-state index < -0.39 is 4.92 Å². The summed E-state index contributed by atoms with van der Waals surface area (Å²) in [7, 11) is 0. The van der Waals surface area contributed by atoms with Gasteiger partial charge in [-0.05, 0) is 24.8 Å². The van der Waals surface area contributed by atoms with Crippen LogP contribution in [0.5, 0.6) is 0 Å². The van der Waals surface area contributed by atoms with E-state index in [-0.39, 0.29) is 18.0 Å². The molecule has 1 aromatic carbocycles. The number of rotatable bonds is 10. The Morgan fingerprint density at radius 2 is 1.97 bits per heavy atom. The molecule has 10 nitrogen and oxygen atoms in total. The molecule has 1 aliphatic rings. The van der Waals surface area contributed by atoms with Gasteiger partial charge in [0.25, 0.3) is 5.69 Å². The lowest BCUT2D eigenvalue weighted by Gasteiger charge is -2.18. The van der Waals surface area contributed by atoms with Crippen LogP contribution in [0, 0.1) is 10.1 Å². The number of nitrogens with zero attached hydrogens (tertiary/aromatic N) is 6. The molecule has 0 bridgehead atoms. The quantitative estimate of drug-likeness (QED) is 0.208. The lowest BCUT2D eigenvalue weighted by Crippen LogP contribution is -2.29. The number of fused-ring (bicyclic) bond motifs is 1. The Balaban J connectivity index is 1.42. The third-order valence-corrected chi connectivity index (χ3v) is 6.51.